The number of carbonyl (C=O) groups is 2. The van der Waals surface area contributed by atoms with Gasteiger partial charge in [0.15, 0.2) is 0 Å². The van der Waals surface area contributed by atoms with E-state index in [1.807, 2.05) is 39.9 Å². The average Bonchev–Trinajstić information content (AvgIpc) is 2.92. The molecular formula is C17H21N3O2S. The van der Waals surface area contributed by atoms with Gasteiger partial charge in [-0.2, -0.15) is 0 Å². The molecule has 1 saturated heterocycles. The molecule has 2 amide bonds. The molecule has 1 aromatic carbocycles. The normalized spacial score (nSPS) is 15.0. The molecule has 5 nitrogen and oxygen atoms in total. The first kappa shape index (κ1) is 15.9. The zero-order valence-corrected chi connectivity index (χ0v) is 13.8. The number of rotatable bonds is 5. The first-order valence-electron chi connectivity index (χ1n) is 7.92. The maximum absolute atomic E-state index is 12.5. The fraction of sp³-hybridized carbons (Fsp3) is 0.412. The lowest BCUT2D eigenvalue weighted by Crippen LogP contribution is -2.37. The number of hydrogen-bond acceptors (Lipinski definition) is 3. The lowest BCUT2D eigenvalue weighted by molar-refractivity contribution is -0.132. The van der Waals surface area contributed by atoms with E-state index >= 15 is 0 Å². The summed E-state index contributed by atoms with van der Waals surface area (Å²) in [4.78, 5) is 26.5. The second-order valence-electron chi connectivity index (χ2n) is 5.83. The number of aromatic nitrogens is 1. The van der Waals surface area contributed by atoms with Gasteiger partial charge in [-0.15, -0.1) is 11.8 Å². The van der Waals surface area contributed by atoms with E-state index in [1.165, 1.54) is 18.2 Å². The van der Waals surface area contributed by atoms with Gasteiger partial charge in [0.25, 0.3) is 0 Å². The Labute approximate surface area is 139 Å². The number of carbonyl (C=O) groups excluding carboxylic acids is 2. The predicted molar refractivity (Wildman–Crippen MR) is 92.3 cm³/mol. The molecule has 1 fully saturated rings. The topological polar surface area (TPSA) is 68.3 Å². The molecule has 1 aliphatic heterocycles. The molecule has 3 rings (SSSR count). The molecule has 0 unspecified atom stereocenters. The molecule has 0 aliphatic carbocycles. The maximum Gasteiger partial charge on any atom is 0.242 e. The first-order chi connectivity index (χ1) is 11.1. The SMILES string of the molecule is NC(=O)CSc1cn(CC(=O)N2CCCCC2)c2ccccc12. The fourth-order valence-electron chi connectivity index (χ4n) is 3.00. The number of piperidine rings is 1. The Bertz CT molecular complexity index is 720. The summed E-state index contributed by atoms with van der Waals surface area (Å²) in [6.45, 7) is 2.07. The number of likely N-dealkylation sites (tertiary alicyclic amines) is 1. The first-order valence-corrected chi connectivity index (χ1v) is 8.90. The third-order valence-corrected chi connectivity index (χ3v) is 5.20. The summed E-state index contributed by atoms with van der Waals surface area (Å²) >= 11 is 1.42. The van der Waals surface area contributed by atoms with Crippen LogP contribution in [0.25, 0.3) is 10.9 Å². The Balaban J connectivity index is 1.82. The minimum atomic E-state index is -0.337. The number of nitrogens with two attached hydrogens (primary N) is 1. The van der Waals surface area contributed by atoms with Crippen molar-refractivity contribution in [1.29, 1.82) is 0 Å². The van der Waals surface area contributed by atoms with Crippen molar-refractivity contribution in [3.63, 3.8) is 0 Å². The van der Waals surface area contributed by atoms with Crippen LogP contribution in [-0.4, -0.2) is 40.1 Å². The highest BCUT2D eigenvalue weighted by molar-refractivity contribution is 8.00. The molecule has 2 aromatic rings. The van der Waals surface area contributed by atoms with Crippen LogP contribution in [0, 0.1) is 0 Å². The second kappa shape index (κ2) is 7.08. The van der Waals surface area contributed by atoms with Gasteiger partial charge >= 0.3 is 0 Å². The van der Waals surface area contributed by atoms with Crippen LogP contribution < -0.4 is 5.73 Å². The molecule has 122 valence electrons. The quantitative estimate of drug-likeness (QED) is 0.854. The summed E-state index contributed by atoms with van der Waals surface area (Å²) < 4.78 is 1.98. The van der Waals surface area contributed by atoms with Gasteiger partial charge in [-0.3, -0.25) is 9.59 Å². The van der Waals surface area contributed by atoms with E-state index in [9.17, 15) is 9.59 Å². The van der Waals surface area contributed by atoms with Crippen LogP contribution in [0.15, 0.2) is 35.4 Å². The molecular weight excluding hydrogens is 310 g/mol. The minimum absolute atomic E-state index is 0.164. The van der Waals surface area contributed by atoms with Gasteiger partial charge in [0, 0.05) is 35.1 Å². The van der Waals surface area contributed by atoms with E-state index in [1.54, 1.807) is 0 Å². The molecule has 0 saturated carbocycles. The molecule has 0 atom stereocenters. The Hall–Kier alpha value is -1.95. The largest absolute Gasteiger partial charge is 0.369 e. The molecule has 0 spiro atoms. The summed E-state index contributed by atoms with van der Waals surface area (Å²) in [5.74, 6) is 0.0711. The van der Waals surface area contributed by atoms with Gasteiger partial charge in [-0.05, 0) is 25.3 Å². The number of hydrogen-bond donors (Lipinski definition) is 1. The number of fused-ring (bicyclic) bond motifs is 1. The van der Waals surface area contributed by atoms with Crippen LogP contribution in [-0.2, 0) is 16.1 Å². The van der Waals surface area contributed by atoms with Crippen molar-refractivity contribution in [1.82, 2.24) is 9.47 Å². The minimum Gasteiger partial charge on any atom is -0.369 e. The number of para-hydroxylation sites is 1. The van der Waals surface area contributed by atoms with Crippen LogP contribution in [0.3, 0.4) is 0 Å². The van der Waals surface area contributed by atoms with Gasteiger partial charge in [0.1, 0.15) is 6.54 Å². The highest BCUT2D eigenvalue weighted by atomic mass is 32.2. The average molecular weight is 331 g/mol. The van der Waals surface area contributed by atoms with E-state index in [-0.39, 0.29) is 17.6 Å². The van der Waals surface area contributed by atoms with Crippen molar-refractivity contribution in [2.45, 2.75) is 30.7 Å². The van der Waals surface area contributed by atoms with Crippen LogP contribution >= 0.6 is 11.8 Å². The number of amides is 2. The lowest BCUT2D eigenvalue weighted by Gasteiger charge is -2.27. The predicted octanol–water partition coefficient (Wildman–Crippen LogP) is 2.23. The van der Waals surface area contributed by atoms with E-state index < -0.39 is 0 Å². The molecule has 1 aromatic heterocycles. The zero-order chi connectivity index (χ0) is 16.2. The van der Waals surface area contributed by atoms with Crippen molar-refractivity contribution in [3.8, 4) is 0 Å². The van der Waals surface area contributed by atoms with Gasteiger partial charge in [0.2, 0.25) is 11.8 Å². The number of nitrogens with zero attached hydrogens (tertiary/aromatic N) is 2. The van der Waals surface area contributed by atoms with Crippen molar-refractivity contribution in [2.75, 3.05) is 18.8 Å². The molecule has 23 heavy (non-hydrogen) atoms. The standard InChI is InChI=1S/C17H21N3O2S/c18-16(21)12-23-15-10-20(14-7-3-2-6-13(14)15)11-17(22)19-8-4-1-5-9-19/h2-3,6-7,10H,1,4-5,8-9,11-12H2,(H2,18,21). The zero-order valence-electron chi connectivity index (χ0n) is 13.0. The van der Waals surface area contributed by atoms with Crippen LogP contribution in [0.2, 0.25) is 0 Å². The number of thioether (sulfide) groups is 1. The van der Waals surface area contributed by atoms with Crippen LogP contribution in [0.4, 0.5) is 0 Å². The Kier molecular flexibility index (Phi) is 4.91. The van der Waals surface area contributed by atoms with Gasteiger partial charge in [0.05, 0.1) is 5.75 Å². The van der Waals surface area contributed by atoms with Crippen LogP contribution in [0.1, 0.15) is 19.3 Å². The van der Waals surface area contributed by atoms with Crippen molar-refractivity contribution in [2.24, 2.45) is 5.73 Å². The van der Waals surface area contributed by atoms with E-state index in [0.717, 1.165) is 41.7 Å². The van der Waals surface area contributed by atoms with E-state index in [0.29, 0.717) is 6.54 Å². The maximum atomic E-state index is 12.5. The van der Waals surface area contributed by atoms with Crippen molar-refractivity contribution >= 4 is 34.5 Å². The summed E-state index contributed by atoms with van der Waals surface area (Å²) in [6.07, 6.45) is 5.36. The molecule has 0 bridgehead atoms. The monoisotopic (exact) mass is 331 g/mol. The smallest absolute Gasteiger partial charge is 0.242 e. The van der Waals surface area contributed by atoms with Gasteiger partial charge in [-0.25, -0.2) is 0 Å². The molecule has 1 aliphatic rings. The van der Waals surface area contributed by atoms with Crippen molar-refractivity contribution < 1.29 is 9.59 Å². The van der Waals surface area contributed by atoms with Gasteiger partial charge in [-0.1, -0.05) is 18.2 Å². The van der Waals surface area contributed by atoms with E-state index in [2.05, 4.69) is 0 Å². The number of primary amides is 1. The fourth-order valence-corrected chi connectivity index (χ4v) is 3.82. The molecule has 2 N–H and O–H groups in total. The summed E-state index contributed by atoms with van der Waals surface area (Å²) in [6, 6.07) is 7.95. The highest BCUT2D eigenvalue weighted by Crippen LogP contribution is 2.30. The Morgan fingerprint density at radius 1 is 1.13 bits per heavy atom. The van der Waals surface area contributed by atoms with Crippen LogP contribution in [0.5, 0.6) is 0 Å². The molecule has 2 heterocycles. The molecule has 6 heteroatoms. The number of benzene rings is 1. The highest BCUT2D eigenvalue weighted by Gasteiger charge is 2.18. The van der Waals surface area contributed by atoms with Crippen molar-refractivity contribution in [3.05, 3.63) is 30.5 Å². The van der Waals surface area contributed by atoms with Gasteiger partial charge < -0.3 is 15.2 Å². The summed E-state index contributed by atoms with van der Waals surface area (Å²) in [5, 5.41) is 1.06. The Morgan fingerprint density at radius 3 is 2.61 bits per heavy atom. The third-order valence-electron chi connectivity index (χ3n) is 4.14. The van der Waals surface area contributed by atoms with E-state index in [4.69, 9.17) is 5.73 Å². The third kappa shape index (κ3) is 3.69. The summed E-state index contributed by atoms with van der Waals surface area (Å²) in [5.41, 5.74) is 6.26. The second-order valence-corrected chi connectivity index (χ2v) is 6.85. The lowest BCUT2D eigenvalue weighted by atomic mass is 10.1. The Morgan fingerprint density at radius 2 is 1.87 bits per heavy atom. The summed E-state index contributed by atoms with van der Waals surface area (Å²) in [7, 11) is 0. The molecule has 0 radical (unpaired) electrons.